The fourth-order valence-corrected chi connectivity index (χ4v) is 2.77. The minimum atomic E-state index is 0.00960. The summed E-state index contributed by atoms with van der Waals surface area (Å²) in [5.74, 6) is 0.00960. The van der Waals surface area contributed by atoms with Gasteiger partial charge in [0.1, 0.15) is 11.0 Å². The van der Waals surface area contributed by atoms with Crippen molar-refractivity contribution in [1.82, 2.24) is 15.2 Å². The van der Waals surface area contributed by atoms with Crippen molar-refractivity contribution >= 4 is 31.3 Å². The molecule has 7 heteroatoms. The predicted octanol–water partition coefficient (Wildman–Crippen LogP) is 1.62. The van der Waals surface area contributed by atoms with Gasteiger partial charge in [0.05, 0.1) is 6.60 Å². The Kier molecular flexibility index (Phi) is 3.51. The van der Waals surface area contributed by atoms with Gasteiger partial charge in [-0.15, -0.1) is 0 Å². The van der Waals surface area contributed by atoms with Crippen molar-refractivity contribution in [1.29, 1.82) is 0 Å². The molecule has 0 atom stereocenters. The van der Waals surface area contributed by atoms with E-state index in [9.17, 15) is 4.79 Å². The van der Waals surface area contributed by atoms with Crippen LogP contribution in [-0.2, 0) is 0 Å². The molecule has 2 radical (unpaired) electrons. The third-order valence-corrected chi connectivity index (χ3v) is 4.11. The summed E-state index contributed by atoms with van der Waals surface area (Å²) in [5, 5.41) is 7.51. The van der Waals surface area contributed by atoms with Gasteiger partial charge in [-0.3, -0.25) is 4.79 Å². The lowest BCUT2D eigenvalue weighted by molar-refractivity contribution is 0.0720. The van der Waals surface area contributed by atoms with Crippen molar-refractivity contribution in [2.45, 2.75) is 31.5 Å². The van der Waals surface area contributed by atoms with Gasteiger partial charge in [-0.1, -0.05) is 12.6 Å². The van der Waals surface area contributed by atoms with Gasteiger partial charge < -0.3 is 4.90 Å². The predicted molar refractivity (Wildman–Crippen MR) is 78.0 cm³/mol. The van der Waals surface area contributed by atoms with E-state index >= 15 is 0 Å². The van der Waals surface area contributed by atoms with E-state index in [2.05, 4.69) is 14.9 Å². The van der Waals surface area contributed by atoms with Gasteiger partial charge >= 0.3 is 0 Å². The third-order valence-electron chi connectivity index (χ3n) is 4.11. The van der Waals surface area contributed by atoms with Crippen LogP contribution in [-0.4, -0.2) is 48.6 Å². The van der Waals surface area contributed by atoms with E-state index in [0.717, 1.165) is 25.5 Å². The van der Waals surface area contributed by atoms with Crippen LogP contribution in [0.5, 0.6) is 0 Å². The second-order valence-corrected chi connectivity index (χ2v) is 5.45. The molecule has 100 valence electrons. The van der Waals surface area contributed by atoms with Crippen molar-refractivity contribution in [2.75, 3.05) is 7.05 Å². The highest BCUT2D eigenvalue weighted by molar-refractivity contribution is 7.03. The Morgan fingerprint density at radius 3 is 2.80 bits per heavy atom. The van der Waals surface area contributed by atoms with Gasteiger partial charge in [0.25, 0.3) is 5.91 Å². The van der Waals surface area contributed by atoms with Crippen molar-refractivity contribution in [3.8, 4) is 0 Å². The van der Waals surface area contributed by atoms with Gasteiger partial charge in [0.15, 0.2) is 0 Å². The summed E-state index contributed by atoms with van der Waals surface area (Å²) < 4.78 is 4.65. The zero-order valence-corrected chi connectivity index (χ0v) is 11.5. The normalized spacial score (nSPS) is 16.6. The van der Waals surface area contributed by atoms with E-state index in [0.29, 0.717) is 16.6 Å². The smallest absolute Gasteiger partial charge is 0.253 e. The van der Waals surface area contributed by atoms with Crippen molar-refractivity contribution < 1.29 is 9.42 Å². The third kappa shape index (κ3) is 2.44. The van der Waals surface area contributed by atoms with Crippen LogP contribution >= 0.6 is 0 Å². The first-order chi connectivity index (χ1) is 9.65. The van der Waals surface area contributed by atoms with Crippen LogP contribution in [0.1, 0.15) is 23.2 Å². The van der Waals surface area contributed by atoms with E-state index in [4.69, 9.17) is 7.74 Å². The zero-order chi connectivity index (χ0) is 14.1. The van der Waals surface area contributed by atoms with Crippen molar-refractivity contribution in [3.05, 3.63) is 23.8 Å². The summed E-state index contributed by atoms with van der Waals surface area (Å²) >= 11 is 0. The summed E-state index contributed by atoms with van der Waals surface area (Å²) in [5.41, 5.74) is 1.88. The standard InChI is InChI=1S/C13H15B2N3O2/c1-18(10-4-6-15(14)7-5-10)13(19)9-2-3-11-12(8-9)17-20-16-11/h2-3,8,10H,4-7H2,1H3. The second kappa shape index (κ2) is 5.31. The number of hydrogen-bond donors (Lipinski definition) is 0. The molecule has 20 heavy (non-hydrogen) atoms. The highest BCUT2D eigenvalue weighted by atomic mass is 16.6. The number of aromatic nitrogens is 2. The molecule has 0 unspecified atom stereocenters. The fourth-order valence-electron chi connectivity index (χ4n) is 2.77. The molecule has 1 aliphatic heterocycles. The first-order valence-electron chi connectivity index (χ1n) is 6.90. The number of rotatable bonds is 2. The Labute approximate surface area is 119 Å². The van der Waals surface area contributed by atoms with E-state index in [1.54, 1.807) is 18.2 Å². The van der Waals surface area contributed by atoms with E-state index in [-0.39, 0.29) is 18.6 Å². The van der Waals surface area contributed by atoms with Gasteiger partial charge in [0.2, 0.25) is 0 Å². The molecule has 1 aromatic carbocycles. The average molecular weight is 267 g/mol. The highest BCUT2D eigenvalue weighted by Gasteiger charge is 2.26. The molecule has 0 spiro atoms. The van der Waals surface area contributed by atoms with Crippen LogP contribution in [0.25, 0.3) is 11.0 Å². The lowest BCUT2D eigenvalue weighted by Crippen LogP contribution is -2.40. The molecular formula is C13H15B2N3O2. The molecule has 0 bridgehead atoms. The lowest BCUT2D eigenvalue weighted by Gasteiger charge is -2.33. The maximum atomic E-state index is 12.5. The topological polar surface area (TPSA) is 59.2 Å². The van der Waals surface area contributed by atoms with E-state index in [1.165, 1.54) is 0 Å². The molecular weight excluding hydrogens is 252 g/mol. The Morgan fingerprint density at radius 1 is 1.35 bits per heavy atom. The number of carbonyl (C=O) groups is 1. The highest BCUT2D eigenvalue weighted by Crippen LogP contribution is 2.23. The van der Waals surface area contributed by atoms with Gasteiger partial charge in [0, 0.05) is 26.4 Å². The number of amides is 1. The maximum Gasteiger partial charge on any atom is 0.253 e. The number of fused-ring (bicyclic) bond motifs is 1. The van der Waals surface area contributed by atoms with Crippen molar-refractivity contribution in [2.24, 2.45) is 0 Å². The summed E-state index contributed by atoms with van der Waals surface area (Å²) in [6.07, 6.45) is 3.90. The van der Waals surface area contributed by atoms with Crippen LogP contribution < -0.4 is 0 Å². The van der Waals surface area contributed by atoms with Crippen LogP contribution in [0.15, 0.2) is 22.8 Å². The Bertz CT molecular complexity index is 623. The first kappa shape index (κ1) is 13.2. The quantitative estimate of drug-likeness (QED) is 0.775. The average Bonchev–Trinajstić information content (AvgIpc) is 2.94. The Balaban J connectivity index is 1.77. The summed E-state index contributed by atoms with van der Waals surface area (Å²) in [4.78, 5) is 14.3. The minimum Gasteiger partial charge on any atom is -0.339 e. The zero-order valence-electron chi connectivity index (χ0n) is 11.5. The van der Waals surface area contributed by atoms with Gasteiger partial charge in [-0.2, -0.15) is 0 Å². The number of nitrogens with zero attached hydrogens (tertiary/aromatic N) is 3. The molecule has 5 nitrogen and oxygen atoms in total. The number of carbonyl (C=O) groups excluding carboxylic acids is 1. The maximum absolute atomic E-state index is 12.5. The SMILES string of the molecule is [B]B1CCC(N(C)C(=O)c2ccc3nonc3c2)CC1. The summed E-state index contributed by atoms with van der Waals surface area (Å²) in [7, 11) is 7.76. The molecule has 2 heterocycles. The van der Waals surface area contributed by atoms with Gasteiger partial charge in [-0.25, -0.2) is 4.63 Å². The molecule has 1 aliphatic rings. The molecule has 0 saturated carbocycles. The Hall–Kier alpha value is -1.78. The fraction of sp³-hybridized carbons (Fsp3) is 0.462. The molecule has 1 amide bonds. The van der Waals surface area contributed by atoms with E-state index < -0.39 is 0 Å². The molecule has 0 aliphatic carbocycles. The number of benzene rings is 1. The monoisotopic (exact) mass is 267 g/mol. The van der Waals surface area contributed by atoms with Crippen LogP contribution in [0.2, 0.25) is 12.6 Å². The number of hydrogen-bond acceptors (Lipinski definition) is 4. The molecule has 1 fully saturated rings. The molecule has 2 aromatic rings. The van der Waals surface area contributed by atoms with E-state index in [1.807, 2.05) is 11.9 Å². The molecule has 0 N–H and O–H groups in total. The summed E-state index contributed by atoms with van der Waals surface area (Å²) in [6, 6.07) is 5.51. The minimum absolute atomic E-state index is 0.00960. The van der Waals surface area contributed by atoms with Crippen LogP contribution in [0.4, 0.5) is 0 Å². The molecule has 1 aromatic heterocycles. The lowest BCUT2D eigenvalue weighted by atomic mass is 9.27. The first-order valence-corrected chi connectivity index (χ1v) is 6.90. The molecule has 1 saturated heterocycles. The Morgan fingerprint density at radius 2 is 2.05 bits per heavy atom. The largest absolute Gasteiger partial charge is 0.339 e. The van der Waals surface area contributed by atoms with Gasteiger partial charge in [-0.05, 0) is 41.4 Å². The van der Waals surface area contributed by atoms with Crippen LogP contribution in [0, 0.1) is 0 Å². The summed E-state index contributed by atoms with van der Waals surface area (Å²) in [6.45, 7) is 0.285. The van der Waals surface area contributed by atoms with Crippen LogP contribution in [0.3, 0.4) is 0 Å². The second-order valence-electron chi connectivity index (χ2n) is 5.45. The molecule has 3 rings (SSSR count). The van der Waals surface area contributed by atoms with Crippen molar-refractivity contribution in [3.63, 3.8) is 0 Å².